The van der Waals surface area contributed by atoms with Crippen molar-refractivity contribution in [2.45, 2.75) is 32.2 Å². The lowest BCUT2D eigenvalue weighted by molar-refractivity contribution is 0.139. The summed E-state index contributed by atoms with van der Waals surface area (Å²) < 4.78 is 6.07. The molecule has 0 radical (unpaired) electrons. The van der Waals surface area contributed by atoms with Crippen LogP contribution in [-0.2, 0) is 25.9 Å². The molecule has 0 aliphatic heterocycles. The molecule has 8 heteroatoms. The molecule has 0 saturated heterocycles. The van der Waals surface area contributed by atoms with Crippen molar-refractivity contribution in [1.29, 1.82) is 0 Å². The molecule has 0 spiro atoms. The van der Waals surface area contributed by atoms with Gasteiger partial charge in [0.05, 0.1) is 11.8 Å². The molecule has 3 aromatic carbocycles. The molecule has 0 amide bonds. The fraction of sp³-hybridized carbons (Fsp3) is 0.269. The average Bonchev–Trinajstić information content (AvgIpc) is 3.25. The second-order valence-electron chi connectivity index (χ2n) is 8.12. The van der Waals surface area contributed by atoms with Crippen LogP contribution in [0.4, 0.5) is 0 Å². The maximum atomic E-state index is 11.6. The quantitative estimate of drug-likeness (QED) is 0.211. The number of thiazole rings is 1. The van der Waals surface area contributed by atoms with E-state index in [2.05, 4.69) is 45.9 Å². The van der Waals surface area contributed by atoms with Crippen LogP contribution in [0.25, 0.3) is 10.2 Å². The molecule has 0 saturated carbocycles. The standard InChI is InChI=1S/C26H29N3O4S/c1-33-22-5-3-2-4-20(22)16-27-15-18-8-6-17(7-9-18)12-13-28-23(31)14-19-10-11-21(30)24-25(19)34-26(32)29-24/h2-11,23,27-28,30-31H,12-16H2,1H3,(H,29,32). The first-order valence-corrected chi connectivity index (χ1v) is 12.0. The summed E-state index contributed by atoms with van der Waals surface area (Å²) in [6.45, 7) is 2.12. The number of aromatic nitrogens is 1. The smallest absolute Gasteiger partial charge is 0.305 e. The van der Waals surface area contributed by atoms with Crippen molar-refractivity contribution in [2.75, 3.05) is 13.7 Å². The van der Waals surface area contributed by atoms with Crippen LogP contribution in [0.2, 0.25) is 0 Å². The number of aromatic hydroxyl groups is 1. The number of nitrogens with one attached hydrogen (secondary N) is 3. The molecule has 0 aliphatic rings. The summed E-state index contributed by atoms with van der Waals surface area (Å²) in [6, 6.07) is 19.7. The summed E-state index contributed by atoms with van der Waals surface area (Å²) in [5.41, 5.74) is 4.76. The number of benzene rings is 3. The van der Waals surface area contributed by atoms with Gasteiger partial charge in [0.1, 0.15) is 23.2 Å². The van der Waals surface area contributed by atoms with Crippen LogP contribution in [0, 0.1) is 0 Å². The van der Waals surface area contributed by atoms with Gasteiger partial charge >= 0.3 is 4.87 Å². The Labute approximate surface area is 202 Å². The van der Waals surface area contributed by atoms with E-state index in [1.165, 1.54) is 11.1 Å². The third-order valence-electron chi connectivity index (χ3n) is 5.71. The zero-order valence-electron chi connectivity index (χ0n) is 19.0. The maximum absolute atomic E-state index is 11.6. The fourth-order valence-electron chi connectivity index (χ4n) is 3.91. The van der Waals surface area contributed by atoms with Gasteiger partial charge in [0.15, 0.2) is 0 Å². The van der Waals surface area contributed by atoms with Crippen LogP contribution in [0.1, 0.15) is 22.3 Å². The van der Waals surface area contributed by atoms with Gasteiger partial charge in [0.25, 0.3) is 0 Å². The third kappa shape index (κ3) is 6.03. The topological polar surface area (TPSA) is 107 Å². The van der Waals surface area contributed by atoms with Crippen LogP contribution in [0.15, 0.2) is 65.5 Å². The van der Waals surface area contributed by atoms with E-state index in [1.807, 2.05) is 18.2 Å². The molecule has 0 bridgehead atoms. The molecule has 178 valence electrons. The van der Waals surface area contributed by atoms with Crippen molar-refractivity contribution in [2.24, 2.45) is 0 Å². The predicted molar refractivity (Wildman–Crippen MR) is 136 cm³/mol. The summed E-state index contributed by atoms with van der Waals surface area (Å²) in [5.74, 6) is 0.928. The number of hydrogen-bond acceptors (Lipinski definition) is 7. The monoisotopic (exact) mass is 479 g/mol. The van der Waals surface area contributed by atoms with Gasteiger partial charge in [0.2, 0.25) is 0 Å². The zero-order valence-corrected chi connectivity index (χ0v) is 19.8. The number of aliphatic hydroxyl groups excluding tert-OH is 1. The van der Waals surface area contributed by atoms with E-state index in [1.54, 1.807) is 19.2 Å². The number of H-pyrrole nitrogens is 1. The number of phenols is 1. The van der Waals surface area contributed by atoms with E-state index in [0.717, 1.165) is 47.7 Å². The molecule has 1 aromatic heterocycles. The Morgan fingerprint density at radius 1 is 1.00 bits per heavy atom. The number of hydrogen-bond donors (Lipinski definition) is 5. The molecule has 1 heterocycles. The van der Waals surface area contributed by atoms with Gasteiger partial charge in [-0.15, -0.1) is 0 Å². The second kappa shape index (κ2) is 11.3. The first-order valence-electron chi connectivity index (χ1n) is 11.2. The zero-order chi connectivity index (χ0) is 23.9. The molecule has 0 aliphatic carbocycles. The van der Waals surface area contributed by atoms with Gasteiger partial charge in [-0.2, -0.15) is 0 Å². The van der Waals surface area contributed by atoms with E-state index in [4.69, 9.17) is 4.74 Å². The van der Waals surface area contributed by atoms with Gasteiger partial charge in [-0.3, -0.25) is 10.1 Å². The normalized spacial score (nSPS) is 12.2. The van der Waals surface area contributed by atoms with E-state index in [0.29, 0.717) is 23.2 Å². The van der Waals surface area contributed by atoms with E-state index < -0.39 is 6.23 Å². The summed E-state index contributed by atoms with van der Waals surface area (Å²) in [5, 5.41) is 26.9. The molecule has 0 fully saturated rings. The number of ether oxygens (including phenoxy) is 1. The van der Waals surface area contributed by atoms with E-state index in [-0.39, 0.29) is 10.6 Å². The van der Waals surface area contributed by atoms with E-state index in [9.17, 15) is 15.0 Å². The number of methoxy groups -OCH3 is 1. The van der Waals surface area contributed by atoms with Crippen molar-refractivity contribution < 1.29 is 14.9 Å². The van der Waals surface area contributed by atoms with Gasteiger partial charge in [-0.1, -0.05) is 59.9 Å². The third-order valence-corrected chi connectivity index (χ3v) is 6.66. The first-order chi connectivity index (χ1) is 16.5. The lowest BCUT2D eigenvalue weighted by Gasteiger charge is -2.14. The molecular formula is C26H29N3O4S. The highest BCUT2D eigenvalue weighted by atomic mass is 32.1. The SMILES string of the molecule is COc1ccccc1CNCc1ccc(CCNC(O)Cc2ccc(O)c3[nH]c(=O)sc23)cc1. The van der Waals surface area contributed by atoms with Crippen LogP contribution in [-0.4, -0.2) is 35.1 Å². The number of fused-ring (bicyclic) bond motifs is 1. The van der Waals surface area contributed by atoms with Crippen LogP contribution in [0.3, 0.4) is 0 Å². The lowest BCUT2D eigenvalue weighted by atomic mass is 10.1. The van der Waals surface area contributed by atoms with Gasteiger partial charge in [-0.25, -0.2) is 0 Å². The van der Waals surface area contributed by atoms with Crippen LogP contribution < -0.4 is 20.2 Å². The second-order valence-corrected chi connectivity index (χ2v) is 9.10. The highest BCUT2D eigenvalue weighted by Gasteiger charge is 2.13. The lowest BCUT2D eigenvalue weighted by Crippen LogP contribution is -2.32. The molecule has 4 aromatic rings. The molecule has 1 unspecified atom stereocenters. The van der Waals surface area contributed by atoms with E-state index >= 15 is 0 Å². The summed E-state index contributed by atoms with van der Waals surface area (Å²) in [4.78, 5) is 14.1. The Bertz CT molecular complexity index is 1280. The largest absolute Gasteiger partial charge is 0.506 e. The van der Waals surface area contributed by atoms with Crippen molar-refractivity contribution in [3.05, 3.63) is 92.6 Å². The molecule has 5 N–H and O–H groups in total. The minimum absolute atomic E-state index is 0.0398. The number of aromatic amines is 1. The molecule has 4 rings (SSSR count). The molecule has 7 nitrogen and oxygen atoms in total. The highest BCUT2D eigenvalue weighted by Crippen LogP contribution is 2.28. The summed E-state index contributed by atoms with van der Waals surface area (Å²) >= 11 is 1.04. The minimum atomic E-state index is -0.747. The Kier molecular flexibility index (Phi) is 7.97. The predicted octanol–water partition coefficient (Wildman–Crippen LogP) is 3.29. The van der Waals surface area contributed by atoms with Crippen molar-refractivity contribution >= 4 is 21.6 Å². The Balaban J connectivity index is 1.22. The average molecular weight is 480 g/mol. The summed E-state index contributed by atoms with van der Waals surface area (Å²) in [7, 11) is 1.68. The number of para-hydroxylation sites is 1. The first kappa shape index (κ1) is 24.0. The molecule has 1 atom stereocenters. The molecule has 34 heavy (non-hydrogen) atoms. The Morgan fingerprint density at radius 3 is 2.56 bits per heavy atom. The Morgan fingerprint density at radius 2 is 1.76 bits per heavy atom. The van der Waals surface area contributed by atoms with Gasteiger partial charge in [0, 0.05) is 31.6 Å². The molecular weight excluding hydrogens is 450 g/mol. The van der Waals surface area contributed by atoms with Crippen molar-refractivity contribution in [1.82, 2.24) is 15.6 Å². The van der Waals surface area contributed by atoms with Crippen molar-refractivity contribution in [3.63, 3.8) is 0 Å². The number of phenolic OH excluding ortho intramolecular Hbond substituents is 1. The van der Waals surface area contributed by atoms with Crippen molar-refractivity contribution in [3.8, 4) is 11.5 Å². The highest BCUT2D eigenvalue weighted by molar-refractivity contribution is 7.16. The number of aliphatic hydroxyl groups is 1. The van der Waals surface area contributed by atoms with Crippen LogP contribution in [0.5, 0.6) is 11.5 Å². The van der Waals surface area contributed by atoms with Gasteiger partial charge in [-0.05, 0) is 35.2 Å². The Hall–Kier alpha value is -3.17. The van der Waals surface area contributed by atoms with Gasteiger partial charge < -0.3 is 25.3 Å². The fourth-order valence-corrected chi connectivity index (χ4v) is 4.79. The van der Waals surface area contributed by atoms with Crippen LogP contribution >= 0.6 is 11.3 Å². The number of rotatable bonds is 11. The summed E-state index contributed by atoms with van der Waals surface area (Å²) in [6.07, 6.45) is 0.388. The minimum Gasteiger partial charge on any atom is -0.506 e. The maximum Gasteiger partial charge on any atom is 0.305 e.